The molecule has 0 spiro atoms. The third kappa shape index (κ3) is 3.05. The maximum absolute atomic E-state index is 12.4. The molecular weight excluding hydrogens is 280 g/mol. The number of amides is 1. The van der Waals surface area contributed by atoms with Crippen LogP contribution in [0.15, 0.2) is 41.5 Å². The van der Waals surface area contributed by atoms with E-state index < -0.39 is 0 Å². The summed E-state index contributed by atoms with van der Waals surface area (Å²) < 4.78 is 1.29. The van der Waals surface area contributed by atoms with Gasteiger partial charge >= 0.3 is 0 Å². The van der Waals surface area contributed by atoms with E-state index in [1.807, 2.05) is 19.1 Å². The molecule has 6 heteroatoms. The molecule has 0 radical (unpaired) electrons. The van der Waals surface area contributed by atoms with Crippen LogP contribution >= 0.6 is 0 Å². The van der Waals surface area contributed by atoms with E-state index in [0.717, 1.165) is 18.4 Å². The van der Waals surface area contributed by atoms with Gasteiger partial charge < -0.3 is 5.32 Å². The van der Waals surface area contributed by atoms with Gasteiger partial charge in [-0.3, -0.25) is 14.6 Å². The van der Waals surface area contributed by atoms with Gasteiger partial charge in [0.1, 0.15) is 5.69 Å². The minimum absolute atomic E-state index is 0.0284. The maximum atomic E-state index is 12.4. The van der Waals surface area contributed by atoms with E-state index in [1.54, 1.807) is 12.4 Å². The number of aromatic nitrogens is 3. The molecule has 0 bridgehead atoms. The lowest BCUT2D eigenvalue weighted by molar-refractivity contribution is 0.0924. The van der Waals surface area contributed by atoms with Gasteiger partial charge in [-0.25, -0.2) is 4.68 Å². The minimum Gasteiger partial charge on any atom is -0.344 e. The average molecular weight is 298 g/mol. The van der Waals surface area contributed by atoms with Crippen molar-refractivity contribution in [3.63, 3.8) is 0 Å². The van der Waals surface area contributed by atoms with Crippen molar-refractivity contribution in [2.75, 3.05) is 0 Å². The highest BCUT2D eigenvalue weighted by Gasteiger charge is 2.33. The van der Waals surface area contributed by atoms with Gasteiger partial charge in [0.15, 0.2) is 0 Å². The Morgan fingerprint density at radius 3 is 2.68 bits per heavy atom. The van der Waals surface area contributed by atoms with Gasteiger partial charge in [0.25, 0.3) is 11.5 Å². The van der Waals surface area contributed by atoms with Crippen LogP contribution in [0.25, 0.3) is 0 Å². The lowest BCUT2D eigenvalue weighted by Crippen LogP contribution is -2.33. The standard InChI is InChI=1S/C16H18N4O2/c1-2-20-14(21)6-5-13(19-20)16(22)18-15(11-3-4-11)12-7-9-17-10-8-12/h5-11,15H,2-4H2,1H3,(H,18,22). The van der Waals surface area contributed by atoms with Crippen LogP contribution in [0.2, 0.25) is 0 Å². The Kier molecular flexibility index (Phi) is 4.00. The summed E-state index contributed by atoms with van der Waals surface area (Å²) in [5.41, 5.74) is 1.11. The van der Waals surface area contributed by atoms with E-state index in [2.05, 4.69) is 15.4 Å². The molecule has 6 nitrogen and oxygen atoms in total. The second-order valence-corrected chi connectivity index (χ2v) is 5.44. The zero-order valence-electron chi connectivity index (χ0n) is 12.4. The second-order valence-electron chi connectivity index (χ2n) is 5.44. The fraction of sp³-hybridized carbons (Fsp3) is 0.375. The van der Waals surface area contributed by atoms with E-state index in [1.165, 1.54) is 16.8 Å². The van der Waals surface area contributed by atoms with Crippen LogP contribution < -0.4 is 10.9 Å². The quantitative estimate of drug-likeness (QED) is 0.908. The number of nitrogens with zero attached hydrogens (tertiary/aromatic N) is 3. The molecule has 1 unspecified atom stereocenters. The summed E-state index contributed by atoms with van der Waals surface area (Å²) >= 11 is 0. The fourth-order valence-electron chi connectivity index (χ4n) is 2.49. The Balaban J connectivity index is 1.81. The normalized spacial score (nSPS) is 15.3. The van der Waals surface area contributed by atoms with Gasteiger partial charge in [-0.15, -0.1) is 0 Å². The zero-order valence-corrected chi connectivity index (χ0v) is 12.4. The number of hydrogen-bond acceptors (Lipinski definition) is 4. The summed E-state index contributed by atoms with van der Waals surface area (Å²) in [5.74, 6) is 0.208. The van der Waals surface area contributed by atoms with Crippen molar-refractivity contribution in [1.29, 1.82) is 0 Å². The van der Waals surface area contributed by atoms with Crippen molar-refractivity contribution in [2.45, 2.75) is 32.4 Å². The third-order valence-electron chi connectivity index (χ3n) is 3.84. The summed E-state index contributed by atoms with van der Waals surface area (Å²) in [6.07, 6.45) is 5.67. The lowest BCUT2D eigenvalue weighted by Gasteiger charge is -2.18. The van der Waals surface area contributed by atoms with Gasteiger partial charge in [0, 0.05) is 25.0 Å². The first-order valence-corrected chi connectivity index (χ1v) is 7.48. The summed E-state index contributed by atoms with van der Waals surface area (Å²) in [6.45, 7) is 2.26. The van der Waals surface area contributed by atoms with Gasteiger partial charge in [0.2, 0.25) is 0 Å². The smallest absolute Gasteiger partial charge is 0.272 e. The van der Waals surface area contributed by atoms with Gasteiger partial charge in [-0.05, 0) is 49.4 Å². The topological polar surface area (TPSA) is 76.9 Å². The van der Waals surface area contributed by atoms with Crippen LogP contribution in [-0.4, -0.2) is 20.7 Å². The van der Waals surface area contributed by atoms with Crippen molar-refractivity contribution >= 4 is 5.91 Å². The number of carbonyl (C=O) groups excluding carboxylic acids is 1. The van der Waals surface area contributed by atoms with E-state index in [0.29, 0.717) is 12.5 Å². The third-order valence-corrected chi connectivity index (χ3v) is 3.84. The lowest BCUT2D eigenvalue weighted by atomic mass is 10.0. The highest BCUT2D eigenvalue weighted by molar-refractivity contribution is 5.92. The molecule has 2 aromatic rings. The van der Waals surface area contributed by atoms with Gasteiger partial charge in [-0.2, -0.15) is 5.10 Å². The number of nitrogens with one attached hydrogen (secondary N) is 1. The molecule has 0 aromatic carbocycles. The van der Waals surface area contributed by atoms with Crippen LogP contribution in [-0.2, 0) is 6.54 Å². The first-order valence-electron chi connectivity index (χ1n) is 7.48. The van der Waals surface area contributed by atoms with Crippen LogP contribution in [0.3, 0.4) is 0 Å². The van der Waals surface area contributed by atoms with Crippen LogP contribution in [0, 0.1) is 5.92 Å². The van der Waals surface area contributed by atoms with E-state index in [4.69, 9.17) is 0 Å². The number of pyridine rings is 1. The van der Waals surface area contributed by atoms with Crippen molar-refractivity contribution in [3.8, 4) is 0 Å². The molecule has 3 rings (SSSR count). The van der Waals surface area contributed by atoms with Crippen molar-refractivity contribution in [3.05, 3.63) is 58.3 Å². The number of carbonyl (C=O) groups is 1. The summed E-state index contributed by atoms with van der Waals surface area (Å²) in [7, 11) is 0. The molecule has 1 N–H and O–H groups in total. The molecule has 1 saturated carbocycles. The number of rotatable bonds is 5. The maximum Gasteiger partial charge on any atom is 0.272 e. The fourth-order valence-corrected chi connectivity index (χ4v) is 2.49. The molecule has 1 atom stereocenters. The molecule has 1 amide bonds. The van der Waals surface area contributed by atoms with Crippen molar-refractivity contribution < 1.29 is 4.79 Å². The molecule has 1 fully saturated rings. The largest absolute Gasteiger partial charge is 0.344 e. The Bertz CT molecular complexity index is 722. The molecule has 0 aliphatic heterocycles. The first-order chi connectivity index (χ1) is 10.7. The Hall–Kier alpha value is -2.50. The molecule has 2 heterocycles. The van der Waals surface area contributed by atoms with Crippen molar-refractivity contribution in [2.24, 2.45) is 5.92 Å². The summed E-state index contributed by atoms with van der Waals surface area (Å²) in [6, 6.07) is 6.66. The summed E-state index contributed by atoms with van der Waals surface area (Å²) in [4.78, 5) is 28.0. The number of aryl methyl sites for hydroxylation is 1. The average Bonchev–Trinajstić information content (AvgIpc) is 3.38. The first kappa shape index (κ1) is 14.4. The molecule has 2 aromatic heterocycles. The zero-order chi connectivity index (χ0) is 15.5. The van der Waals surface area contributed by atoms with Crippen LogP contribution in [0.4, 0.5) is 0 Å². The van der Waals surface area contributed by atoms with Crippen LogP contribution in [0.1, 0.15) is 41.9 Å². The monoisotopic (exact) mass is 298 g/mol. The highest BCUT2D eigenvalue weighted by atomic mass is 16.2. The number of hydrogen-bond donors (Lipinski definition) is 1. The van der Waals surface area contributed by atoms with Gasteiger partial charge in [-0.1, -0.05) is 0 Å². The van der Waals surface area contributed by atoms with E-state index in [-0.39, 0.29) is 23.2 Å². The Labute approximate surface area is 128 Å². The van der Waals surface area contributed by atoms with Crippen molar-refractivity contribution in [1.82, 2.24) is 20.1 Å². The van der Waals surface area contributed by atoms with E-state index in [9.17, 15) is 9.59 Å². The molecule has 114 valence electrons. The summed E-state index contributed by atoms with van der Waals surface area (Å²) in [5, 5.41) is 7.13. The van der Waals surface area contributed by atoms with Crippen LogP contribution in [0.5, 0.6) is 0 Å². The predicted molar refractivity (Wildman–Crippen MR) is 81.3 cm³/mol. The highest BCUT2D eigenvalue weighted by Crippen LogP contribution is 2.40. The van der Waals surface area contributed by atoms with Gasteiger partial charge in [0.05, 0.1) is 6.04 Å². The molecule has 1 aliphatic carbocycles. The molecule has 0 saturated heterocycles. The Morgan fingerprint density at radius 1 is 1.32 bits per heavy atom. The second kappa shape index (κ2) is 6.09. The Morgan fingerprint density at radius 2 is 2.05 bits per heavy atom. The van der Waals surface area contributed by atoms with E-state index >= 15 is 0 Å². The SMILES string of the molecule is CCn1nc(C(=O)NC(c2ccncc2)C2CC2)ccc1=O. The molecule has 22 heavy (non-hydrogen) atoms. The predicted octanol–water partition coefficient (Wildman–Crippen LogP) is 1.54. The minimum atomic E-state index is -0.254. The molecular formula is C16H18N4O2. The molecule has 1 aliphatic rings.